The van der Waals surface area contributed by atoms with Crippen molar-refractivity contribution in [3.05, 3.63) is 30.1 Å². The van der Waals surface area contributed by atoms with Crippen LogP contribution in [0.4, 0.5) is 0 Å². The number of aliphatic carboxylic acids is 2. The van der Waals surface area contributed by atoms with E-state index in [1.807, 2.05) is 0 Å². The molecule has 2 heterocycles. The molecule has 0 bridgehead atoms. The van der Waals surface area contributed by atoms with Gasteiger partial charge in [-0.25, -0.2) is 0 Å². The fourth-order valence-corrected chi connectivity index (χ4v) is 2.35. The molecule has 2 N–H and O–H groups in total. The predicted molar refractivity (Wildman–Crippen MR) is 62.2 cm³/mol. The molecule has 0 aliphatic carbocycles. The van der Waals surface area contributed by atoms with Crippen LogP contribution in [-0.2, 0) is 9.59 Å². The van der Waals surface area contributed by atoms with Crippen LogP contribution >= 0.6 is 0 Å². The Morgan fingerprint density at radius 1 is 1.33 bits per heavy atom. The third-order valence-electron chi connectivity index (χ3n) is 3.14. The minimum Gasteiger partial charge on any atom is -0.481 e. The number of likely N-dealkylation sites (tertiary alicyclic amines) is 1. The highest BCUT2D eigenvalue weighted by molar-refractivity contribution is 5.73. The summed E-state index contributed by atoms with van der Waals surface area (Å²) in [5, 5.41) is 17.9. The maximum atomic E-state index is 11.2. The number of carboxylic acid groups (broad SMARTS) is 2. The highest BCUT2D eigenvalue weighted by Gasteiger charge is 2.39. The molecule has 1 fully saturated rings. The van der Waals surface area contributed by atoms with Crippen molar-refractivity contribution in [2.24, 2.45) is 5.92 Å². The molecule has 2 atom stereocenters. The van der Waals surface area contributed by atoms with E-state index in [9.17, 15) is 14.7 Å². The van der Waals surface area contributed by atoms with Crippen LogP contribution < -0.4 is 0 Å². The number of aromatic nitrogens is 1. The summed E-state index contributed by atoms with van der Waals surface area (Å²) in [5.74, 6) is -2.69. The molecule has 2 rings (SSSR count). The van der Waals surface area contributed by atoms with Crippen molar-refractivity contribution in [1.29, 1.82) is 0 Å². The predicted octanol–water partition coefficient (Wildman–Crippen LogP) is 0.266. The molecule has 96 valence electrons. The lowest BCUT2D eigenvalue weighted by Crippen LogP contribution is -2.28. The minimum atomic E-state index is -0.944. The summed E-state index contributed by atoms with van der Waals surface area (Å²) in [7, 11) is 0. The van der Waals surface area contributed by atoms with Gasteiger partial charge in [0, 0.05) is 30.9 Å². The lowest BCUT2D eigenvalue weighted by atomic mass is 9.93. The second kappa shape index (κ2) is 5.14. The van der Waals surface area contributed by atoms with Crippen LogP contribution in [0, 0.1) is 5.92 Å². The molecule has 0 radical (unpaired) electrons. The third kappa shape index (κ3) is 2.65. The zero-order chi connectivity index (χ0) is 13.1. The molecular weight excluding hydrogens is 236 g/mol. The van der Waals surface area contributed by atoms with Crippen molar-refractivity contribution in [1.82, 2.24) is 9.88 Å². The highest BCUT2D eigenvalue weighted by Crippen LogP contribution is 2.31. The number of hydrogen-bond donors (Lipinski definition) is 2. The lowest BCUT2D eigenvalue weighted by molar-refractivity contribution is -0.142. The van der Waals surface area contributed by atoms with Gasteiger partial charge in [-0.1, -0.05) is 6.07 Å². The van der Waals surface area contributed by atoms with Gasteiger partial charge in [0.1, 0.15) is 0 Å². The van der Waals surface area contributed by atoms with E-state index in [1.165, 1.54) is 0 Å². The average Bonchev–Trinajstić information content (AvgIpc) is 2.73. The van der Waals surface area contributed by atoms with Gasteiger partial charge in [0.25, 0.3) is 0 Å². The number of pyridine rings is 1. The van der Waals surface area contributed by atoms with E-state index >= 15 is 0 Å². The highest BCUT2D eigenvalue weighted by atomic mass is 16.4. The summed E-state index contributed by atoms with van der Waals surface area (Å²) in [6, 6.07) is 5.36. The second-order valence-electron chi connectivity index (χ2n) is 4.39. The Morgan fingerprint density at radius 3 is 2.67 bits per heavy atom. The maximum Gasteiger partial charge on any atom is 0.317 e. The monoisotopic (exact) mass is 250 g/mol. The summed E-state index contributed by atoms with van der Waals surface area (Å²) in [6.45, 7) is 0.538. The topological polar surface area (TPSA) is 90.7 Å². The fourth-order valence-electron chi connectivity index (χ4n) is 2.35. The molecule has 18 heavy (non-hydrogen) atoms. The Bertz CT molecular complexity index is 449. The summed E-state index contributed by atoms with van der Waals surface area (Å²) >= 11 is 0. The molecule has 6 heteroatoms. The van der Waals surface area contributed by atoms with E-state index in [0.29, 0.717) is 12.2 Å². The first-order valence-corrected chi connectivity index (χ1v) is 5.66. The van der Waals surface area contributed by atoms with Gasteiger partial charge in [0.2, 0.25) is 0 Å². The first kappa shape index (κ1) is 12.5. The SMILES string of the molecule is O=C(O)CN1CC(C(=O)O)C(c2ccccn2)C1. The smallest absolute Gasteiger partial charge is 0.317 e. The fraction of sp³-hybridized carbons (Fsp3) is 0.417. The van der Waals surface area contributed by atoms with Gasteiger partial charge in [-0.2, -0.15) is 0 Å². The molecule has 1 aromatic rings. The number of nitrogens with zero attached hydrogens (tertiary/aromatic N) is 2. The summed E-state index contributed by atoms with van der Waals surface area (Å²) in [6.07, 6.45) is 1.62. The van der Waals surface area contributed by atoms with Gasteiger partial charge in [0.05, 0.1) is 12.5 Å². The van der Waals surface area contributed by atoms with Crippen molar-refractivity contribution in [2.75, 3.05) is 19.6 Å². The Kier molecular flexibility index (Phi) is 3.57. The van der Waals surface area contributed by atoms with E-state index in [-0.39, 0.29) is 19.0 Å². The number of rotatable bonds is 4. The summed E-state index contributed by atoms with van der Waals surface area (Å²) < 4.78 is 0. The van der Waals surface area contributed by atoms with E-state index in [1.54, 1.807) is 29.3 Å². The van der Waals surface area contributed by atoms with Crippen molar-refractivity contribution < 1.29 is 19.8 Å². The Labute approximate surface area is 104 Å². The molecule has 1 saturated heterocycles. The average molecular weight is 250 g/mol. The van der Waals surface area contributed by atoms with Gasteiger partial charge in [-0.3, -0.25) is 19.5 Å². The molecule has 2 unspecified atom stereocenters. The Hall–Kier alpha value is -1.95. The minimum absolute atomic E-state index is 0.132. The van der Waals surface area contributed by atoms with Gasteiger partial charge in [0.15, 0.2) is 0 Å². The summed E-state index contributed by atoms with van der Waals surface area (Å²) in [5.41, 5.74) is 0.706. The van der Waals surface area contributed by atoms with E-state index in [4.69, 9.17) is 5.11 Å². The normalized spacial score (nSPS) is 24.0. The molecule has 0 amide bonds. The first-order valence-electron chi connectivity index (χ1n) is 5.66. The van der Waals surface area contributed by atoms with E-state index < -0.39 is 17.9 Å². The van der Waals surface area contributed by atoms with Crippen LogP contribution in [0.1, 0.15) is 11.6 Å². The van der Waals surface area contributed by atoms with Crippen LogP contribution in [0.3, 0.4) is 0 Å². The largest absolute Gasteiger partial charge is 0.481 e. The maximum absolute atomic E-state index is 11.2. The van der Waals surface area contributed by atoms with Crippen molar-refractivity contribution >= 4 is 11.9 Å². The lowest BCUT2D eigenvalue weighted by Gasteiger charge is -2.13. The van der Waals surface area contributed by atoms with Crippen LogP contribution in [-0.4, -0.2) is 51.7 Å². The molecular formula is C12H14N2O4. The van der Waals surface area contributed by atoms with Gasteiger partial charge < -0.3 is 10.2 Å². The molecule has 0 spiro atoms. The molecule has 0 saturated carbocycles. The number of carboxylic acids is 2. The molecule has 0 aromatic carbocycles. The van der Waals surface area contributed by atoms with Gasteiger partial charge in [-0.05, 0) is 12.1 Å². The van der Waals surface area contributed by atoms with Crippen LogP contribution in [0.5, 0.6) is 0 Å². The standard InChI is InChI=1S/C12H14N2O4/c15-11(16)7-14-5-8(9(6-14)12(17)18)10-3-1-2-4-13-10/h1-4,8-9H,5-7H2,(H,15,16)(H,17,18). The van der Waals surface area contributed by atoms with Crippen molar-refractivity contribution in [2.45, 2.75) is 5.92 Å². The number of hydrogen-bond acceptors (Lipinski definition) is 4. The Morgan fingerprint density at radius 2 is 2.11 bits per heavy atom. The van der Waals surface area contributed by atoms with Crippen LogP contribution in [0.2, 0.25) is 0 Å². The van der Waals surface area contributed by atoms with Crippen molar-refractivity contribution in [3.63, 3.8) is 0 Å². The van der Waals surface area contributed by atoms with E-state index in [2.05, 4.69) is 4.98 Å². The zero-order valence-corrected chi connectivity index (χ0v) is 9.69. The molecule has 6 nitrogen and oxygen atoms in total. The van der Waals surface area contributed by atoms with Gasteiger partial charge in [-0.15, -0.1) is 0 Å². The van der Waals surface area contributed by atoms with Crippen LogP contribution in [0.25, 0.3) is 0 Å². The van der Waals surface area contributed by atoms with Crippen LogP contribution in [0.15, 0.2) is 24.4 Å². The number of carbonyl (C=O) groups is 2. The molecule has 1 aromatic heterocycles. The quantitative estimate of drug-likeness (QED) is 0.797. The molecule has 1 aliphatic heterocycles. The second-order valence-corrected chi connectivity index (χ2v) is 4.39. The third-order valence-corrected chi connectivity index (χ3v) is 3.14. The first-order chi connectivity index (χ1) is 8.58. The van der Waals surface area contributed by atoms with E-state index in [0.717, 1.165) is 0 Å². The van der Waals surface area contributed by atoms with Crippen molar-refractivity contribution in [3.8, 4) is 0 Å². The Balaban J connectivity index is 2.17. The zero-order valence-electron chi connectivity index (χ0n) is 9.69. The summed E-state index contributed by atoms with van der Waals surface area (Å²) in [4.78, 5) is 27.7. The molecule has 1 aliphatic rings. The van der Waals surface area contributed by atoms with Gasteiger partial charge >= 0.3 is 11.9 Å².